The van der Waals surface area contributed by atoms with Gasteiger partial charge in [0.15, 0.2) is 11.5 Å². The number of furan rings is 1. The summed E-state index contributed by atoms with van der Waals surface area (Å²) in [4.78, 5) is 19.0. The number of benzene rings is 2. The smallest absolute Gasteiger partial charge is 0.223 e. The topological polar surface area (TPSA) is 67.7 Å². The molecule has 6 nitrogen and oxygen atoms in total. The minimum absolute atomic E-state index is 0.0839. The largest absolute Gasteiger partial charge is 0.493 e. The molecule has 0 radical (unpaired) electrons. The zero-order chi connectivity index (χ0) is 22.1. The summed E-state index contributed by atoms with van der Waals surface area (Å²) in [7, 11) is 3.27. The van der Waals surface area contributed by atoms with Crippen LogP contribution in [0.25, 0.3) is 10.9 Å². The van der Waals surface area contributed by atoms with Gasteiger partial charge in [0.25, 0.3) is 0 Å². The maximum atomic E-state index is 13.5. The average molecular weight is 431 g/mol. The van der Waals surface area contributed by atoms with Crippen LogP contribution in [0.2, 0.25) is 0 Å². The van der Waals surface area contributed by atoms with Crippen LogP contribution in [0.3, 0.4) is 0 Å². The molecule has 3 heterocycles. The Morgan fingerprint density at radius 1 is 1.09 bits per heavy atom. The molecule has 1 aliphatic rings. The number of hydrogen-bond donors (Lipinski definition) is 1. The van der Waals surface area contributed by atoms with Crippen molar-refractivity contribution in [1.29, 1.82) is 0 Å². The molecule has 1 unspecified atom stereocenters. The number of H-pyrrole nitrogens is 1. The highest BCUT2D eigenvalue weighted by Gasteiger charge is 2.36. The van der Waals surface area contributed by atoms with Crippen molar-refractivity contribution in [3.05, 3.63) is 83.4 Å². The van der Waals surface area contributed by atoms with Crippen LogP contribution in [0.1, 0.15) is 35.0 Å². The zero-order valence-corrected chi connectivity index (χ0v) is 18.3. The molecule has 2 aromatic carbocycles. The number of amides is 1. The predicted octanol–water partition coefficient (Wildman–Crippen LogP) is 4.89. The molecule has 1 aliphatic heterocycles. The number of methoxy groups -OCH3 is 2. The second-order valence-electron chi connectivity index (χ2n) is 7.96. The van der Waals surface area contributed by atoms with Crippen LogP contribution in [0.4, 0.5) is 0 Å². The van der Waals surface area contributed by atoms with Gasteiger partial charge in [-0.25, -0.2) is 0 Å². The Bertz CT molecular complexity index is 1240. The number of aryl methyl sites for hydroxylation is 1. The maximum absolute atomic E-state index is 13.5. The molecule has 2 aromatic heterocycles. The first-order valence-electron chi connectivity index (χ1n) is 10.8. The SMILES string of the molecule is COc1cccc(C2c3[nH]c4ccccc4c3CCN2C(=O)CCc2ccco2)c1OC. The highest BCUT2D eigenvalue weighted by Crippen LogP contribution is 2.44. The zero-order valence-electron chi connectivity index (χ0n) is 18.3. The van der Waals surface area contributed by atoms with E-state index in [0.29, 0.717) is 30.9 Å². The van der Waals surface area contributed by atoms with Crippen LogP contribution in [0.15, 0.2) is 65.3 Å². The third-order valence-corrected chi connectivity index (χ3v) is 6.25. The van der Waals surface area contributed by atoms with Crippen LogP contribution in [0, 0.1) is 0 Å². The summed E-state index contributed by atoms with van der Waals surface area (Å²) in [5.41, 5.74) is 4.28. The third kappa shape index (κ3) is 3.42. The molecule has 164 valence electrons. The first kappa shape index (κ1) is 20.2. The number of nitrogens with one attached hydrogen (secondary N) is 1. The first-order valence-corrected chi connectivity index (χ1v) is 10.8. The predicted molar refractivity (Wildman–Crippen MR) is 122 cm³/mol. The van der Waals surface area contributed by atoms with E-state index in [0.717, 1.165) is 29.0 Å². The molecule has 0 spiro atoms. The van der Waals surface area contributed by atoms with Crippen LogP contribution in [-0.2, 0) is 17.6 Å². The molecule has 1 N–H and O–H groups in total. The number of hydrogen-bond acceptors (Lipinski definition) is 4. The van der Waals surface area contributed by atoms with E-state index in [2.05, 4.69) is 23.2 Å². The van der Waals surface area contributed by atoms with E-state index in [-0.39, 0.29) is 11.9 Å². The molecule has 1 atom stereocenters. The number of ether oxygens (including phenoxy) is 2. The van der Waals surface area contributed by atoms with E-state index >= 15 is 0 Å². The summed E-state index contributed by atoms with van der Waals surface area (Å²) >= 11 is 0. The fraction of sp³-hybridized carbons (Fsp3) is 0.269. The molecular weight excluding hydrogens is 404 g/mol. The van der Waals surface area contributed by atoms with E-state index in [9.17, 15) is 4.79 Å². The second-order valence-corrected chi connectivity index (χ2v) is 7.96. The summed E-state index contributed by atoms with van der Waals surface area (Å²) in [5.74, 6) is 2.20. The number of aromatic amines is 1. The maximum Gasteiger partial charge on any atom is 0.223 e. The number of carbonyl (C=O) groups is 1. The van der Waals surface area contributed by atoms with Crippen molar-refractivity contribution in [2.24, 2.45) is 0 Å². The van der Waals surface area contributed by atoms with Crippen molar-refractivity contribution in [1.82, 2.24) is 9.88 Å². The Hall–Kier alpha value is -3.67. The summed E-state index contributed by atoms with van der Waals surface area (Å²) < 4.78 is 16.8. The van der Waals surface area contributed by atoms with Gasteiger partial charge >= 0.3 is 0 Å². The van der Waals surface area contributed by atoms with Gasteiger partial charge in [0, 0.05) is 41.5 Å². The number of rotatable bonds is 6. The van der Waals surface area contributed by atoms with Crippen LogP contribution in [0.5, 0.6) is 11.5 Å². The first-order chi connectivity index (χ1) is 15.7. The lowest BCUT2D eigenvalue weighted by Crippen LogP contribution is -2.40. The van der Waals surface area contributed by atoms with Crippen molar-refractivity contribution in [2.45, 2.75) is 25.3 Å². The number of carbonyl (C=O) groups excluding carboxylic acids is 1. The fourth-order valence-electron chi connectivity index (χ4n) is 4.79. The number of para-hydroxylation sites is 2. The molecule has 0 bridgehead atoms. The van der Waals surface area contributed by atoms with Crippen molar-refractivity contribution in [3.63, 3.8) is 0 Å². The fourth-order valence-corrected chi connectivity index (χ4v) is 4.79. The molecule has 4 aromatic rings. The van der Waals surface area contributed by atoms with Gasteiger partial charge in [-0.3, -0.25) is 4.79 Å². The van der Waals surface area contributed by atoms with E-state index in [1.807, 2.05) is 41.3 Å². The van der Waals surface area contributed by atoms with Gasteiger partial charge in [-0.2, -0.15) is 0 Å². The quantitative estimate of drug-likeness (QED) is 0.473. The van der Waals surface area contributed by atoms with E-state index in [1.54, 1.807) is 20.5 Å². The molecule has 1 amide bonds. The minimum Gasteiger partial charge on any atom is -0.493 e. The lowest BCUT2D eigenvalue weighted by atomic mass is 9.91. The Morgan fingerprint density at radius 2 is 1.97 bits per heavy atom. The van der Waals surface area contributed by atoms with E-state index in [4.69, 9.17) is 13.9 Å². The summed E-state index contributed by atoms with van der Waals surface area (Å²) in [6.07, 6.45) is 3.39. The molecule has 0 saturated heterocycles. The highest BCUT2D eigenvalue weighted by atomic mass is 16.5. The lowest BCUT2D eigenvalue weighted by molar-refractivity contribution is -0.133. The molecule has 0 saturated carbocycles. The van der Waals surface area contributed by atoms with Gasteiger partial charge in [0.1, 0.15) is 11.8 Å². The standard InChI is InChI=1S/C26H26N2O4/c1-30-22-11-5-9-20(26(22)31-2)25-24-19(18-8-3-4-10-21(18)27-24)14-15-28(25)23(29)13-12-17-7-6-16-32-17/h3-11,16,25,27H,12-15H2,1-2H3. The Labute approximate surface area is 186 Å². The number of aromatic nitrogens is 1. The van der Waals surface area contributed by atoms with Crippen LogP contribution >= 0.6 is 0 Å². The van der Waals surface area contributed by atoms with Gasteiger partial charge in [0.05, 0.1) is 20.5 Å². The number of nitrogens with zero attached hydrogens (tertiary/aromatic N) is 1. The van der Waals surface area contributed by atoms with Gasteiger partial charge < -0.3 is 23.8 Å². The number of fused-ring (bicyclic) bond motifs is 3. The normalized spacial score (nSPS) is 15.6. The minimum atomic E-state index is -0.291. The molecule has 5 rings (SSSR count). The molecule has 6 heteroatoms. The summed E-state index contributed by atoms with van der Waals surface area (Å²) in [6, 6.07) is 17.6. The van der Waals surface area contributed by atoms with Crippen molar-refractivity contribution < 1.29 is 18.7 Å². The molecule has 32 heavy (non-hydrogen) atoms. The Balaban J connectivity index is 1.60. The van der Waals surface area contributed by atoms with Gasteiger partial charge in [-0.15, -0.1) is 0 Å². The third-order valence-electron chi connectivity index (χ3n) is 6.25. The second kappa shape index (κ2) is 8.46. The van der Waals surface area contributed by atoms with E-state index < -0.39 is 0 Å². The van der Waals surface area contributed by atoms with Crippen LogP contribution < -0.4 is 9.47 Å². The Kier molecular flexibility index (Phi) is 5.35. The molecule has 0 fully saturated rings. The van der Waals surface area contributed by atoms with E-state index in [1.165, 1.54) is 10.9 Å². The van der Waals surface area contributed by atoms with Gasteiger partial charge in [-0.05, 0) is 36.2 Å². The van der Waals surface area contributed by atoms with Crippen molar-refractivity contribution in [3.8, 4) is 11.5 Å². The lowest BCUT2D eigenvalue weighted by Gasteiger charge is -2.37. The highest BCUT2D eigenvalue weighted by molar-refractivity contribution is 5.87. The monoisotopic (exact) mass is 430 g/mol. The van der Waals surface area contributed by atoms with Gasteiger partial charge in [-0.1, -0.05) is 30.3 Å². The van der Waals surface area contributed by atoms with Crippen LogP contribution in [-0.4, -0.2) is 36.6 Å². The van der Waals surface area contributed by atoms with Gasteiger partial charge in [0.2, 0.25) is 5.91 Å². The average Bonchev–Trinajstić information content (AvgIpc) is 3.49. The summed E-state index contributed by atoms with van der Waals surface area (Å²) in [6.45, 7) is 0.636. The van der Waals surface area contributed by atoms with Crippen molar-refractivity contribution >= 4 is 16.8 Å². The Morgan fingerprint density at radius 3 is 2.75 bits per heavy atom. The summed E-state index contributed by atoms with van der Waals surface area (Å²) in [5, 5.41) is 1.21. The molecular formula is C26H26N2O4. The van der Waals surface area contributed by atoms with Crippen molar-refractivity contribution in [2.75, 3.05) is 20.8 Å². The molecule has 0 aliphatic carbocycles.